The molecule has 3 rings (SSSR count). The van der Waals surface area contributed by atoms with Crippen LogP contribution in [0.1, 0.15) is 22.0 Å². The van der Waals surface area contributed by atoms with E-state index in [1.54, 1.807) is 43.3 Å². The van der Waals surface area contributed by atoms with Crippen LogP contribution < -0.4 is 0 Å². The molecule has 3 aromatic rings. The molecule has 9 heteroatoms. The standard InChI is InChI=1S/C18H14N2O6S/c1-10-19-20-18(25-10)27-15(16(21)22)9-13-7-8-14(26-13)11-3-5-12(6-4-11)17(23)24-2/h3-9H,1-2H3,(H,21,22)/b15-9+. The van der Waals surface area contributed by atoms with Gasteiger partial charge in [-0.25, -0.2) is 9.59 Å². The Morgan fingerprint density at radius 1 is 1.11 bits per heavy atom. The molecule has 1 aromatic carbocycles. The molecule has 0 saturated heterocycles. The minimum Gasteiger partial charge on any atom is -0.477 e. The predicted molar refractivity (Wildman–Crippen MR) is 96.0 cm³/mol. The summed E-state index contributed by atoms with van der Waals surface area (Å²) in [5.74, 6) is -0.345. The molecule has 0 bridgehead atoms. The Balaban J connectivity index is 1.81. The summed E-state index contributed by atoms with van der Waals surface area (Å²) in [6.45, 7) is 1.62. The quantitative estimate of drug-likeness (QED) is 0.385. The topological polar surface area (TPSA) is 116 Å². The summed E-state index contributed by atoms with van der Waals surface area (Å²) < 4.78 is 15.5. The number of carboxylic acid groups (broad SMARTS) is 1. The lowest BCUT2D eigenvalue weighted by Crippen LogP contribution is -2.00. The van der Waals surface area contributed by atoms with Gasteiger partial charge in [0.2, 0.25) is 5.89 Å². The number of benzene rings is 1. The first-order valence-electron chi connectivity index (χ1n) is 7.68. The summed E-state index contributed by atoms with van der Waals surface area (Å²) in [4.78, 5) is 22.9. The smallest absolute Gasteiger partial charge is 0.342 e. The Kier molecular flexibility index (Phi) is 5.41. The Bertz CT molecular complexity index is 1000. The van der Waals surface area contributed by atoms with Gasteiger partial charge in [0.15, 0.2) is 0 Å². The lowest BCUT2D eigenvalue weighted by atomic mass is 10.1. The van der Waals surface area contributed by atoms with E-state index in [0.717, 1.165) is 17.3 Å². The zero-order valence-corrected chi connectivity index (χ0v) is 15.1. The molecule has 0 atom stereocenters. The Hall–Kier alpha value is -3.33. The van der Waals surface area contributed by atoms with E-state index < -0.39 is 11.9 Å². The molecule has 0 unspecified atom stereocenters. The number of aromatic nitrogens is 2. The van der Waals surface area contributed by atoms with Gasteiger partial charge in [0.05, 0.1) is 12.7 Å². The number of hydrogen-bond donors (Lipinski definition) is 1. The fourth-order valence-corrected chi connectivity index (χ4v) is 2.85. The molecular formula is C18H14N2O6S. The normalized spacial score (nSPS) is 11.4. The van der Waals surface area contributed by atoms with Crippen molar-refractivity contribution >= 4 is 29.8 Å². The van der Waals surface area contributed by atoms with Crippen LogP contribution in [0, 0.1) is 6.92 Å². The fraction of sp³-hybridized carbons (Fsp3) is 0.111. The molecule has 2 heterocycles. The third-order valence-electron chi connectivity index (χ3n) is 3.41. The van der Waals surface area contributed by atoms with E-state index in [9.17, 15) is 14.7 Å². The molecule has 0 aliphatic heterocycles. The van der Waals surface area contributed by atoms with E-state index in [0.29, 0.717) is 23.0 Å². The van der Waals surface area contributed by atoms with Crippen LogP contribution in [0.25, 0.3) is 17.4 Å². The number of nitrogens with zero attached hydrogens (tertiary/aromatic N) is 2. The number of methoxy groups -OCH3 is 1. The number of carboxylic acids is 1. The zero-order chi connectivity index (χ0) is 19.4. The van der Waals surface area contributed by atoms with Gasteiger partial charge >= 0.3 is 11.9 Å². The number of carbonyl (C=O) groups excluding carboxylic acids is 1. The summed E-state index contributed by atoms with van der Waals surface area (Å²) in [5, 5.41) is 16.9. The maximum atomic E-state index is 11.5. The van der Waals surface area contributed by atoms with Gasteiger partial charge in [0.1, 0.15) is 16.4 Å². The van der Waals surface area contributed by atoms with Crippen molar-refractivity contribution in [2.45, 2.75) is 12.1 Å². The average molecular weight is 386 g/mol. The Morgan fingerprint density at radius 2 is 1.85 bits per heavy atom. The second kappa shape index (κ2) is 7.92. The molecule has 0 saturated carbocycles. The maximum absolute atomic E-state index is 11.5. The molecular weight excluding hydrogens is 372 g/mol. The van der Waals surface area contributed by atoms with E-state index >= 15 is 0 Å². The van der Waals surface area contributed by atoms with Crippen LogP contribution >= 0.6 is 11.8 Å². The number of rotatable bonds is 6. The van der Waals surface area contributed by atoms with E-state index in [1.807, 2.05) is 0 Å². The Morgan fingerprint density at radius 3 is 2.44 bits per heavy atom. The van der Waals surface area contributed by atoms with Gasteiger partial charge in [0.25, 0.3) is 5.22 Å². The van der Waals surface area contributed by atoms with Crippen molar-refractivity contribution in [2.24, 2.45) is 0 Å². The number of aliphatic carboxylic acids is 1. The highest BCUT2D eigenvalue weighted by atomic mass is 32.2. The number of furan rings is 1. The fourth-order valence-electron chi connectivity index (χ4n) is 2.15. The largest absolute Gasteiger partial charge is 0.477 e. The predicted octanol–water partition coefficient (Wildman–Crippen LogP) is 3.64. The van der Waals surface area contributed by atoms with Gasteiger partial charge in [0, 0.05) is 18.6 Å². The van der Waals surface area contributed by atoms with Gasteiger partial charge in [-0.3, -0.25) is 0 Å². The van der Waals surface area contributed by atoms with Gasteiger partial charge in [-0.1, -0.05) is 12.1 Å². The second-order valence-electron chi connectivity index (χ2n) is 5.27. The van der Waals surface area contributed by atoms with Gasteiger partial charge in [-0.15, -0.1) is 10.2 Å². The van der Waals surface area contributed by atoms with Crippen LogP contribution in [0.5, 0.6) is 0 Å². The first-order chi connectivity index (χ1) is 13.0. The van der Waals surface area contributed by atoms with Gasteiger partial charge in [-0.05, 0) is 36.0 Å². The van der Waals surface area contributed by atoms with Crippen molar-refractivity contribution in [3.05, 3.63) is 58.5 Å². The Labute approximate surface area is 157 Å². The van der Waals surface area contributed by atoms with Crippen LogP contribution in [0.15, 0.2) is 55.4 Å². The highest BCUT2D eigenvalue weighted by Crippen LogP contribution is 2.29. The second-order valence-corrected chi connectivity index (χ2v) is 6.27. The lowest BCUT2D eigenvalue weighted by molar-refractivity contribution is -0.131. The number of thioether (sulfide) groups is 1. The van der Waals surface area contributed by atoms with E-state index in [4.69, 9.17) is 8.83 Å². The van der Waals surface area contributed by atoms with E-state index in [2.05, 4.69) is 14.9 Å². The minimum absolute atomic E-state index is 0.0272. The van der Waals surface area contributed by atoms with E-state index in [1.165, 1.54) is 13.2 Å². The highest BCUT2D eigenvalue weighted by Gasteiger charge is 2.15. The maximum Gasteiger partial charge on any atom is 0.342 e. The third kappa shape index (κ3) is 4.45. The molecule has 138 valence electrons. The number of esters is 1. The van der Waals surface area contributed by atoms with Crippen molar-refractivity contribution in [3.63, 3.8) is 0 Å². The molecule has 0 aliphatic carbocycles. The van der Waals surface area contributed by atoms with E-state index in [-0.39, 0.29) is 10.1 Å². The van der Waals surface area contributed by atoms with Crippen LogP contribution in [-0.4, -0.2) is 34.4 Å². The van der Waals surface area contributed by atoms with Crippen molar-refractivity contribution < 1.29 is 28.3 Å². The first-order valence-corrected chi connectivity index (χ1v) is 8.49. The lowest BCUT2D eigenvalue weighted by Gasteiger charge is -2.01. The third-order valence-corrected chi connectivity index (χ3v) is 4.26. The monoisotopic (exact) mass is 386 g/mol. The summed E-state index contributed by atoms with van der Waals surface area (Å²) in [6.07, 6.45) is 1.37. The summed E-state index contributed by atoms with van der Waals surface area (Å²) >= 11 is 0.835. The number of ether oxygens (including phenoxy) is 1. The molecule has 2 aromatic heterocycles. The SMILES string of the molecule is COC(=O)c1ccc(-c2ccc(/C=C(/Sc3nnc(C)o3)C(=O)O)o2)cc1. The van der Waals surface area contributed by atoms with Crippen molar-refractivity contribution in [3.8, 4) is 11.3 Å². The first kappa shape index (κ1) is 18.5. The van der Waals surface area contributed by atoms with Crippen LogP contribution in [0.2, 0.25) is 0 Å². The minimum atomic E-state index is -1.14. The molecule has 0 aliphatic rings. The van der Waals surface area contributed by atoms with Crippen LogP contribution in [0.3, 0.4) is 0 Å². The van der Waals surface area contributed by atoms with Gasteiger partial charge < -0.3 is 18.7 Å². The number of aryl methyl sites for hydroxylation is 1. The summed E-state index contributed by atoms with van der Waals surface area (Å²) in [6, 6.07) is 10.0. The molecule has 0 spiro atoms. The number of carbonyl (C=O) groups is 2. The summed E-state index contributed by atoms with van der Waals surface area (Å²) in [5.41, 5.74) is 1.16. The molecule has 0 fully saturated rings. The van der Waals surface area contributed by atoms with Crippen LogP contribution in [0.4, 0.5) is 0 Å². The summed E-state index contributed by atoms with van der Waals surface area (Å²) in [7, 11) is 1.31. The highest BCUT2D eigenvalue weighted by molar-refractivity contribution is 8.03. The van der Waals surface area contributed by atoms with Crippen molar-refractivity contribution in [1.29, 1.82) is 0 Å². The zero-order valence-electron chi connectivity index (χ0n) is 14.3. The van der Waals surface area contributed by atoms with Gasteiger partial charge in [-0.2, -0.15) is 0 Å². The van der Waals surface area contributed by atoms with Crippen molar-refractivity contribution in [2.75, 3.05) is 7.11 Å². The number of hydrogen-bond acceptors (Lipinski definition) is 8. The van der Waals surface area contributed by atoms with Crippen molar-refractivity contribution in [1.82, 2.24) is 10.2 Å². The van der Waals surface area contributed by atoms with Crippen LogP contribution in [-0.2, 0) is 9.53 Å². The molecule has 1 N–H and O–H groups in total. The average Bonchev–Trinajstić information content (AvgIpc) is 3.29. The molecule has 0 radical (unpaired) electrons. The molecule has 0 amide bonds. The molecule has 27 heavy (non-hydrogen) atoms. The molecule has 8 nitrogen and oxygen atoms in total.